The van der Waals surface area contributed by atoms with E-state index >= 15 is 0 Å². The largest absolute Gasteiger partial charge is 0.472 e. The van der Waals surface area contributed by atoms with Crippen LogP contribution < -0.4 is 5.32 Å². The van der Waals surface area contributed by atoms with Gasteiger partial charge in [0.15, 0.2) is 0 Å². The van der Waals surface area contributed by atoms with Crippen LogP contribution in [0.3, 0.4) is 0 Å². The number of hydrogen-bond donors (Lipinski definition) is 2. The summed E-state index contributed by atoms with van der Waals surface area (Å²) >= 11 is 0. The van der Waals surface area contributed by atoms with Crippen LogP contribution >= 0.6 is 7.82 Å². The summed E-state index contributed by atoms with van der Waals surface area (Å²) in [4.78, 5) is 22.1. The minimum absolute atomic E-state index is 0.0169. The molecular formula is C30H62NO5P. The molecule has 0 aromatic heterocycles. The van der Waals surface area contributed by atoms with Crippen LogP contribution in [0, 0.1) is 5.92 Å². The summed E-state index contributed by atoms with van der Waals surface area (Å²) in [5.41, 5.74) is 0. The van der Waals surface area contributed by atoms with Gasteiger partial charge in [-0.15, -0.1) is 0 Å². The van der Waals surface area contributed by atoms with Gasteiger partial charge < -0.3 is 10.2 Å². The summed E-state index contributed by atoms with van der Waals surface area (Å²) in [6.45, 7) is 5.27. The average Bonchev–Trinajstić information content (AvgIpc) is 2.87. The third kappa shape index (κ3) is 27.1. The maximum absolute atomic E-state index is 12.2. The number of phosphoric ester groups is 1. The first kappa shape index (κ1) is 36.7. The van der Waals surface area contributed by atoms with Gasteiger partial charge >= 0.3 is 7.82 Å². The molecular weight excluding hydrogens is 485 g/mol. The van der Waals surface area contributed by atoms with Gasteiger partial charge in [-0.1, -0.05) is 123 Å². The zero-order valence-corrected chi connectivity index (χ0v) is 25.7. The predicted octanol–water partition coefficient (Wildman–Crippen LogP) is 9.15. The van der Waals surface area contributed by atoms with Gasteiger partial charge in [-0.3, -0.25) is 13.8 Å². The molecule has 0 aromatic carbocycles. The zero-order valence-electron chi connectivity index (χ0n) is 24.8. The van der Waals surface area contributed by atoms with Crippen molar-refractivity contribution >= 4 is 13.6 Å². The molecule has 37 heavy (non-hydrogen) atoms. The third-order valence-electron chi connectivity index (χ3n) is 7.06. The second-order valence-electron chi connectivity index (χ2n) is 10.9. The van der Waals surface area contributed by atoms with Crippen molar-refractivity contribution < 1.29 is 23.3 Å². The molecule has 0 aromatic rings. The zero-order chi connectivity index (χ0) is 27.5. The minimum atomic E-state index is -4.06. The van der Waals surface area contributed by atoms with E-state index in [1.807, 2.05) is 14.0 Å². The lowest BCUT2D eigenvalue weighted by atomic mass is 9.94. The predicted molar refractivity (Wildman–Crippen MR) is 157 cm³/mol. The average molecular weight is 548 g/mol. The normalized spacial score (nSPS) is 14.1. The fourth-order valence-corrected chi connectivity index (χ4v) is 5.60. The topological polar surface area (TPSA) is 84.9 Å². The Morgan fingerprint density at radius 3 is 1.68 bits per heavy atom. The molecule has 0 bridgehead atoms. The number of Topliss-reactive ketones (excluding diaryl/α,β-unsaturated/α-hetero) is 1. The van der Waals surface area contributed by atoms with Crippen LogP contribution in [0.4, 0.5) is 0 Å². The molecule has 2 unspecified atom stereocenters. The Hall–Kier alpha value is -0.260. The summed E-state index contributed by atoms with van der Waals surface area (Å²) in [5, 5.41) is 2.97. The van der Waals surface area contributed by atoms with Crippen molar-refractivity contribution in [2.24, 2.45) is 5.92 Å². The number of carbonyl (C=O) groups excluding carboxylic acids is 1. The molecule has 0 amide bonds. The maximum atomic E-state index is 12.2. The third-order valence-corrected chi connectivity index (χ3v) is 8.04. The van der Waals surface area contributed by atoms with Gasteiger partial charge in [-0.25, -0.2) is 4.57 Å². The van der Waals surface area contributed by atoms with Crippen molar-refractivity contribution in [2.45, 2.75) is 155 Å². The highest BCUT2D eigenvalue weighted by Crippen LogP contribution is 2.44. The SMILES string of the molecule is CCCCCCCCCCCCCCCCCCCC(COP(=O)(O)OCCCNC)CC(=O)CCC. The molecule has 6 nitrogen and oxygen atoms in total. The number of phosphoric acid groups is 1. The second kappa shape index (κ2) is 27.3. The lowest BCUT2D eigenvalue weighted by Gasteiger charge is -2.19. The van der Waals surface area contributed by atoms with Gasteiger partial charge in [-0.2, -0.15) is 0 Å². The van der Waals surface area contributed by atoms with Crippen LogP contribution in [0.25, 0.3) is 0 Å². The molecule has 0 spiro atoms. The van der Waals surface area contributed by atoms with Crippen LogP contribution in [-0.4, -0.2) is 37.5 Å². The van der Waals surface area contributed by atoms with E-state index in [0.717, 1.165) is 25.7 Å². The van der Waals surface area contributed by atoms with Gasteiger partial charge in [0, 0.05) is 12.8 Å². The molecule has 0 saturated carbocycles. The van der Waals surface area contributed by atoms with Crippen LogP contribution in [0.15, 0.2) is 0 Å². The monoisotopic (exact) mass is 547 g/mol. The Balaban J connectivity index is 3.85. The van der Waals surface area contributed by atoms with Gasteiger partial charge in [0.2, 0.25) is 0 Å². The van der Waals surface area contributed by atoms with E-state index in [0.29, 0.717) is 25.8 Å². The van der Waals surface area contributed by atoms with E-state index in [1.165, 1.54) is 96.3 Å². The van der Waals surface area contributed by atoms with Gasteiger partial charge in [-0.05, 0) is 38.8 Å². The van der Waals surface area contributed by atoms with Gasteiger partial charge in [0.25, 0.3) is 0 Å². The Morgan fingerprint density at radius 2 is 1.22 bits per heavy atom. The van der Waals surface area contributed by atoms with Crippen molar-refractivity contribution in [1.82, 2.24) is 5.32 Å². The molecule has 0 aliphatic rings. The Kier molecular flexibility index (Phi) is 27.1. The smallest absolute Gasteiger partial charge is 0.320 e. The van der Waals surface area contributed by atoms with E-state index in [2.05, 4.69) is 12.2 Å². The number of carbonyl (C=O) groups is 1. The van der Waals surface area contributed by atoms with Crippen molar-refractivity contribution in [3.8, 4) is 0 Å². The standard InChI is InChI=1S/C30H62NO5P/c1-4-6-7-8-9-10-11-12-13-14-15-16-17-18-19-20-21-24-29(27-30(32)23-5-2)28-36-37(33,34)35-26-22-25-31-3/h29,31H,4-28H2,1-3H3,(H,33,34). The number of unbranched alkanes of at least 4 members (excludes halogenated alkanes) is 16. The first-order valence-electron chi connectivity index (χ1n) is 15.7. The Labute approximate surface area is 230 Å². The van der Waals surface area contributed by atoms with Crippen LogP contribution in [0.5, 0.6) is 0 Å². The van der Waals surface area contributed by atoms with E-state index in [-0.39, 0.29) is 24.9 Å². The van der Waals surface area contributed by atoms with E-state index in [1.54, 1.807) is 0 Å². The summed E-state index contributed by atoms with van der Waals surface area (Å²) in [7, 11) is -2.24. The molecule has 0 aliphatic heterocycles. The summed E-state index contributed by atoms with van der Waals surface area (Å²) in [6.07, 6.45) is 26.1. The fraction of sp³-hybridized carbons (Fsp3) is 0.967. The van der Waals surface area contributed by atoms with E-state index in [9.17, 15) is 14.3 Å². The molecule has 0 fully saturated rings. The van der Waals surface area contributed by atoms with E-state index < -0.39 is 7.82 Å². The first-order chi connectivity index (χ1) is 17.9. The molecule has 0 saturated heterocycles. The molecule has 0 radical (unpaired) electrons. The molecule has 2 N–H and O–H groups in total. The number of hydrogen-bond acceptors (Lipinski definition) is 5. The molecule has 7 heteroatoms. The summed E-state index contributed by atoms with van der Waals surface area (Å²) in [5.74, 6) is 0.197. The van der Waals surface area contributed by atoms with E-state index in [4.69, 9.17) is 9.05 Å². The first-order valence-corrected chi connectivity index (χ1v) is 17.2. The molecule has 0 heterocycles. The van der Waals surface area contributed by atoms with Crippen LogP contribution in [0.1, 0.15) is 155 Å². The van der Waals surface area contributed by atoms with Crippen molar-refractivity contribution in [3.05, 3.63) is 0 Å². The van der Waals surface area contributed by atoms with Crippen molar-refractivity contribution in [1.29, 1.82) is 0 Å². The fourth-order valence-electron chi connectivity index (χ4n) is 4.77. The van der Waals surface area contributed by atoms with Crippen molar-refractivity contribution in [2.75, 3.05) is 26.8 Å². The lowest BCUT2D eigenvalue weighted by molar-refractivity contribution is -0.120. The molecule has 2 atom stereocenters. The lowest BCUT2D eigenvalue weighted by Crippen LogP contribution is -2.15. The number of rotatable bonds is 30. The highest BCUT2D eigenvalue weighted by molar-refractivity contribution is 7.47. The molecule has 222 valence electrons. The van der Waals surface area contributed by atoms with Gasteiger partial charge in [0.05, 0.1) is 13.2 Å². The van der Waals surface area contributed by atoms with Crippen LogP contribution in [0.2, 0.25) is 0 Å². The molecule has 0 rings (SSSR count). The quantitative estimate of drug-likeness (QED) is 0.0689. The van der Waals surface area contributed by atoms with Crippen LogP contribution in [-0.2, 0) is 18.4 Å². The number of nitrogens with one attached hydrogen (secondary N) is 1. The summed E-state index contributed by atoms with van der Waals surface area (Å²) < 4.78 is 22.4. The minimum Gasteiger partial charge on any atom is -0.320 e. The van der Waals surface area contributed by atoms with Crippen molar-refractivity contribution in [3.63, 3.8) is 0 Å². The van der Waals surface area contributed by atoms with Gasteiger partial charge in [0.1, 0.15) is 5.78 Å². The highest BCUT2D eigenvalue weighted by Gasteiger charge is 2.24. The second-order valence-corrected chi connectivity index (χ2v) is 12.3. The Bertz CT molecular complexity index is 546. The maximum Gasteiger partial charge on any atom is 0.472 e. The highest BCUT2D eigenvalue weighted by atomic mass is 31.2. The molecule has 0 aliphatic carbocycles. The number of ketones is 1. The summed E-state index contributed by atoms with van der Waals surface area (Å²) in [6, 6.07) is 0. The Morgan fingerprint density at radius 1 is 0.730 bits per heavy atom.